The van der Waals surface area contributed by atoms with E-state index < -0.39 is 5.97 Å². The smallest absolute Gasteiger partial charge is 0.343 e. The number of ether oxygens (including phenoxy) is 1. The van der Waals surface area contributed by atoms with Crippen molar-refractivity contribution in [2.24, 2.45) is 0 Å². The molecular formula is C22H17NO2. The molecule has 3 heteroatoms. The van der Waals surface area contributed by atoms with E-state index in [0.29, 0.717) is 16.9 Å². The zero-order chi connectivity index (χ0) is 17.8. The standard InChI is InChI=1S/C22H17NO2/c1-15-3-6-17(7-4-15)18-9-11-21(12-10-18)25-22(24)19-8-5-16(2)20(13-19)14-23/h3-13H,1-2H3. The van der Waals surface area contributed by atoms with Crippen molar-refractivity contribution in [3.63, 3.8) is 0 Å². The third-order valence-corrected chi connectivity index (χ3v) is 4.04. The highest BCUT2D eigenvalue weighted by Gasteiger charge is 2.11. The van der Waals surface area contributed by atoms with Gasteiger partial charge < -0.3 is 4.74 Å². The van der Waals surface area contributed by atoms with Gasteiger partial charge in [-0.3, -0.25) is 0 Å². The van der Waals surface area contributed by atoms with Crippen LogP contribution in [0.4, 0.5) is 0 Å². The van der Waals surface area contributed by atoms with Gasteiger partial charge in [0.1, 0.15) is 5.75 Å². The molecule has 0 spiro atoms. The second-order valence-corrected chi connectivity index (χ2v) is 5.92. The predicted octanol–water partition coefficient (Wildman–Crippen LogP) is 5.06. The number of nitriles is 1. The number of carbonyl (C=O) groups is 1. The monoisotopic (exact) mass is 327 g/mol. The van der Waals surface area contributed by atoms with E-state index in [0.717, 1.165) is 16.7 Å². The Hall–Kier alpha value is -3.38. The van der Waals surface area contributed by atoms with Crippen LogP contribution in [0.15, 0.2) is 66.7 Å². The second kappa shape index (κ2) is 7.02. The zero-order valence-electron chi connectivity index (χ0n) is 14.1. The van der Waals surface area contributed by atoms with Crippen LogP contribution in [0, 0.1) is 25.2 Å². The van der Waals surface area contributed by atoms with Crippen molar-refractivity contribution in [3.8, 4) is 22.9 Å². The largest absolute Gasteiger partial charge is 0.423 e. The maximum atomic E-state index is 12.3. The number of hydrogen-bond donors (Lipinski definition) is 0. The maximum absolute atomic E-state index is 12.3. The lowest BCUT2D eigenvalue weighted by atomic mass is 10.0. The molecule has 0 bridgehead atoms. The van der Waals surface area contributed by atoms with Gasteiger partial charge in [0, 0.05) is 0 Å². The summed E-state index contributed by atoms with van der Waals surface area (Å²) < 4.78 is 5.40. The summed E-state index contributed by atoms with van der Waals surface area (Å²) in [7, 11) is 0. The molecule has 25 heavy (non-hydrogen) atoms. The molecule has 3 nitrogen and oxygen atoms in total. The van der Waals surface area contributed by atoms with Crippen molar-refractivity contribution in [1.82, 2.24) is 0 Å². The summed E-state index contributed by atoms with van der Waals surface area (Å²) in [5.74, 6) is -0.000435. The van der Waals surface area contributed by atoms with Gasteiger partial charge in [0.2, 0.25) is 0 Å². The van der Waals surface area contributed by atoms with E-state index in [1.165, 1.54) is 5.56 Å². The minimum Gasteiger partial charge on any atom is -0.423 e. The fourth-order valence-electron chi connectivity index (χ4n) is 2.50. The third-order valence-electron chi connectivity index (χ3n) is 4.04. The molecule has 3 aromatic carbocycles. The third kappa shape index (κ3) is 3.76. The first kappa shape index (κ1) is 16.5. The summed E-state index contributed by atoms with van der Waals surface area (Å²) >= 11 is 0. The molecule has 0 fully saturated rings. The van der Waals surface area contributed by atoms with Crippen molar-refractivity contribution in [1.29, 1.82) is 5.26 Å². The molecule has 3 rings (SSSR count). The molecule has 0 heterocycles. The predicted molar refractivity (Wildman–Crippen MR) is 97.5 cm³/mol. The zero-order valence-corrected chi connectivity index (χ0v) is 14.1. The molecule has 0 aromatic heterocycles. The lowest BCUT2D eigenvalue weighted by molar-refractivity contribution is 0.0734. The molecule has 0 aliphatic carbocycles. The summed E-state index contributed by atoms with van der Waals surface area (Å²) in [5.41, 5.74) is 5.06. The van der Waals surface area contributed by atoms with E-state index >= 15 is 0 Å². The number of aryl methyl sites for hydroxylation is 2. The van der Waals surface area contributed by atoms with E-state index in [1.54, 1.807) is 30.3 Å². The summed E-state index contributed by atoms with van der Waals surface area (Å²) in [6.45, 7) is 3.88. The molecule has 3 aromatic rings. The van der Waals surface area contributed by atoms with E-state index in [2.05, 4.69) is 37.3 Å². The van der Waals surface area contributed by atoms with E-state index in [4.69, 9.17) is 10.00 Å². The van der Waals surface area contributed by atoms with Crippen molar-refractivity contribution in [2.45, 2.75) is 13.8 Å². The second-order valence-electron chi connectivity index (χ2n) is 5.92. The van der Waals surface area contributed by atoms with E-state index in [-0.39, 0.29) is 0 Å². The highest BCUT2D eigenvalue weighted by Crippen LogP contribution is 2.23. The topological polar surface area (TPSA) is 50.1 Å². The fraction of sp³-hybridized carbons (Fsp3) is 0.0909. The average Bonchev–Trinajstić information content (AvgIpc) is 2.63. The number of carbonyl (C=O) groups excluding carboxylic acids is 1. The van der Waals surface area contributed by atoms with Crippen LogP contribution < -0.4 is 4.74 Å². The lowest BCUT2D eigenvalue weighted by Crippen LogP contribution is -2.09. The summed E-state index contributed by atoms with van der Waals surface area (Å²) in [5, 5.41) is 9.07. The van der Waals surface area contributed by atoms with Crippen LogP contribution >= 0.6 is 0 Å². The van der Waals surface area contributed by atoms with Gasteiger partial charge in [-0.2, -0.15) is 5.26 Å². The Balaban J connectivity index is 1.76. The number of benzene rings is 3. The van der Waals surface area contributed by atoms with Gasteiger partial charge in [-0.15, -0.1) is 0 Å². The molecule has 0 atom stereocenters. The van der Waals surface area contributed by atoms with Crippen molar-refractivity contribution >= 4 is 5.97 Å². The van der Waals surface area contributed by atoms with Crippen LogP contribution in [0.5, 0.6) is 5.75 Å². The Bertz CT molecular complexity index is 949. The van der Waals surface area contributed by atoms with E-state index in [1.807, 2.05) is 19.1 Å². The molecule has 0 unspecified atom stereocenters. The van der Waals surface area contributed by atoms with Crippen LogP contribution in [0.3, 0.4) is 0 Å². The van der Waals surface area contributed by atoms with Crippen molar-refractivity contribution in [3.05, 3.63) is 89.0 Å². The quantitative estimate of drug-likeness (QED) is 0.499. The normalized spacial score (nSPS) is 10.1. The summed E-state index contributed by atoms with van der Waals surface area (Å²) in [6, 6.07) is 22.7. The molecular weight excluding hydrogens is 310 g/mol. The number of hydrogen-bond acceptors (Lipinski definition) is 3. The molecule has 0 amide bonds. The van der Waals surface area contributed by atoms with Gasteiger partial charge >= 0.3 is 5.97 Å². The first-order chi connectivity index (χ1) is 12.1. The first-order valence-electron chi connectivity index (χ1n) is 7.97. The molecule has 0 N–H and O–H groups in total. The molecule has 0 aliphatic rings. The van der Waals surface area contributed by atoms with Crippen LogP contribution in [-0.4, -0.2) is 5.97 Å². The molecule has 122 valence electrons. The van der Waals surface area contributed by atoms with E-state index in [9.17, 15) is 4.79 Å². The summed E-state index contributed by atoms with van der Waals surface area (Å²) in [4.78, 5) is 12.3. The van der Waals surface area contributed by atoms with Crippen LogP contribution in [0.2, 0.25) is 0 Å². The van der Waals surface area contributed by atoms with Gasteiger partial charge in [-0.1, -0.05) is 48.0 Å². The Morgan fingerprint density at radius 2 is 1.48 bits per heavy atom. The SMILES string of the molecule is Cc1ccc(-c2ccc(OC(=O)c3ccc(C)c(C#N)c3)cc2)cc1. The number of nitrogens with zero attached hydrogens (tertiary/aromatic N) is 1. The fourth-order valence-corrected chi connectivity index (χ4v) is 2.50. The van der Waals surface area contributed by atoms with Crippen molar-refractivity contribution < 1.29 is 9.53 Å². The average molecular weight is 327 g/mol. The Morgan fingerprint density at radius 3 is 2.08 bits per heavy atom. The Labute approximate surface area is 147 Å². The van der Waals surface area contributed by atoms with Crippen LogP contribution in [0.25, 0.3) is 11.1 Å². The van der Waals surface area contributed by atoms with Crippen LogP contribution in [-0.2, 0) is 0 Å². The number of esters is 1. The van der Waals surface area contributed by atoms with Gasteiger partial charge in [-0.25, -0.2) is 4.79 Å². The molecule has 0 saturated heterocycles. The minimum absolute atomic E-state index is 0.366. The maximum Gasteiger partial charge on any atom is 0.343 e. The van der Waals surface area contributed by atoms with Gasteiger partial charge in [0.25, 0.3) is 0 Å². The molecule has 0 aliphatic heterocycles. The Morgan fingerprint density at radius 1 is 0.880 bits per heavy atom. The summed E-state index contributed by atoms with van der Waals surface area (Å²) in [6.07, 6.45) is 0. The van der Waals surface area contributed by atoms with Gasteiger partial charge in [-0.05, 0) is 54.8 Å². The van der Waals surface area contributed by atoms with Crippen LogP contribution in [0.1, 0.15) is 27.0 Å². The number of rotatable bonds is 3. The Kier molecular flexibility index (Phi) is 4.63. The first-order valence-corrected chi connectivity index (χ1v) is 7.97. The van der Waals surface area contributed by atoms with Crippen molar-refractivity contribution in [2.75, 3.05) is 0 Å². The lowest BCUT2D eigenvalue weighted by Gasteiger charge is -2.07. The molecule has 0 radical (unpaired) electrons. The highest BCUT2D eigenvalue weighted by molar-refractivity contribution is 5.91. The van der Waals surface area contributed by atoms with Gasteiger partial charge in [0.05, 0.1) is 17.2 Å². The van der Waals surface area contributed by atoms with Gasteiger partial charge in [0.15, 0.2) is 0 Å². The highest BCUT2D eigenvalue weighted by atomic mass is 16.5. The molecule has 0 saturated carbocycles. The minimum atomic E-state index is -0.473.